The Balaban J connectivity index is 2.23. The number of hydrogen-bond acceptors (Lipinski definition) is 3. The molecule has 1 unspecified atom stereocenters. The monoisotopic (exact) mass is 156 g/mol. The lowest BCUT2D eigenvalue weighted by molar-refractivity contribution is -0.0802. The molecule has 1 heterocycles. The molecule has 1 N–H and O–H groups in total. The van der Waals surface area contributed by atoms with Crippen LogP contribution in [0.3, 0.4) is 0 Å². The summed E-state index contributed by atoms with van der Waals surface area (Å²) in [6.45, 7) is 0.731. The van der Waals surface area contributed by atoms with Crippen molar-refractivity contribution in [1.82, 2.24) is 9.55 Å². The van der Waals surface area contributed by atoms with E-state index in [4.69, 9.17) is 5.11 Å². The van der Waals surface area contributed by atoms with Crippen molar-refractivity contribution in [3.63, 3.8) is 0 Å². The second-order valence-corrected chi connectivity index (χ2v) is 2.28. The van der Waals surface area contributed by atoms with E-state index in [0.717, 1.165) is 6.54 Å². The molecular formula is C7H12N2O2. The van der Waals surface area contributed by atoms with Crippen molar-refractivity contribution in [2.45, 2.75) is 19.3 Å². The molecule has 0 bridgehead atoms. The smallest absolute Gasteiger partial charge is 0.155 e. The van der Waals surface area contributed by atoms with Crippen LogP contribution in [0.25, 0.3) is 0 Å². The minimum absolute atomic E-state index is 0.590. The van der Waals surface area contributed by atoms with Crippen LogP contribution in [0.4, 0.5) is 0 Å². The van der Waals surface area contributed by atoms with Gasteiger partial charge in [0.15, 0.2) is 6.29 Å². The Morgan fingerprint density at radius 2 is 2.55 bits per heavy atom. The van der Waals surface area contributed by atoms with Crippen LogP contribution in [-0.2, 0) is 11.3 Å². The number of aromatic nitrogens is 2. The number of rotatable bonds is 4. The van der Waals surface area contributed by atoms with E-state index in [9.17, 15) is 0 Å². The summed E-state index contributed by atoms with van der Waals surface area (Å²) < 4.78 is 6.56. The van der Waals surface area contributed by atoms with Crippen molar-refractivity contribution < 1.29 is 9.84 Å². The Kier molecular flexibility index (Phi) is 3.07. The third kappa shape index (κ3) is 2.69. The molecule has 1 atom stereocenters. The van der Waals surface area contributed by atoms with Crippen molar-refractivity contribution in [2.24, 2.45) is 0 Å². The molecule has 0 saturated heterocycles. The lowest BCUT2D eigenvalue weighted by atomic mass is 10.4. The zero-order chi connectivity index (χ0) is 8.10. The van der Waals surface area contributed by atoms with Gasteiger partial charge in [0.05, 0.1) is 6.33 Å². The fraction of sp³-hybridized carbons (Fsp3) is 0.571. The average molecular weight is 156 g/mol. The zero-order valence-electron chi connectivity index (χ0n) is 6.47. The second-order valence-electron chi connectivity index (χ2n) is 2.28. The van der Waals surface area contributed by atoms with Gasteiger partial charge in [-0.05, 0) is 0 Å². The van der Waals surface area contributed by atoms with E-state index in [1.54, 1.807) is 12.5 Å². The Morgan fingerprint density at radius 1 is 1.73 bits per heavy atom. The van der Waals surface area contributed by atoms with Crippen LogP contribution in [-0.4, -0.2) is 28.1 Å². The number of methoxy groups -OCH3 is 1. The van der Waals surface area contributed by atoms with Gasteiger partial charge in [-0.3, -0.25) is 0 Å². The maximum Gasteiger partial charge on any atom is 0.155 e. The first kappa shape index (κ1) is 8.23. The lowest BCUT2D eigenvalue weighted by Gasteiger charge is -2.07. The van der Waals surface area contributed by atoms with Crippen LogP contribution in [0.1, 0.15) is 6.42 Å². The molecule has 4 nitrogen and oxygen atoms in total. The first-order chi connectivity index (χ1) is 5.33. The van der Waals surface area contributed by atoms with E-state index < -0.39 is 6.29 Å². The van der Waals surface area contributed by atoms with Crippen molar-refractivity contribution in [3.05, 3.63) is 18.7 Å². The van der Waals surface area contributed by atoms with E-state index >= 15 is 0 Å². The van der Waals surface area contributed by atoms with Crippen LogP contribution in [0, 0.1) is 0 Å². The molecule has 1 aromatic heterocycles. The molecule has 0 aliphatic carbocycles. The van der Waals surface area contributed by atoms with Gasteiger partial charge >= 0.3 is 0 Å². The van der Waals surface area contributed by atoms with E-state index in [1.807, 2.05) is 10.8 Å². The van der Waals surface area contributed by atoms with Gasteiger partial charge in [0, 0.05) is 32.5 Å². The third-order valence-corrected chi connectivity index (χ3v) is 1.47. The maximum absolute atomic E-state index is 9.00. The number of aliphatic hydroxyl groups excluding tert-OH is 1. The van der Waals surface area contributed by atoms with E-state index in [1.165, 1.54) is 7.11 Å². The minimum atomic E-state index is -0.669. The summed E-state index contributed by atoms with van der Waals surface area (Å²) in [5.41, 5.74) is 0. The van der Waals surface area contributed by atoms with Gasteiger partial charge < -0.3 is 14.4 Å². The molecule has 0 aliphatic heterocycles. The molecule has 1 rings (SSSR count). The van der Waals surface area contributed by atoms with Crippen LogP contribution in [0.15, 0.2) is 18.7 Å². The predicted molar refractivity (Wildman–Crippen MR) is 39.9 cm³/mol. The molecule has 1 aromatic rings. The molecule has 0 aromatic carbocycles. The summed E-state index contributed by atoms with van der Waals surface area (Å²) in [6, 6.07) is 0. The highest BCUT2D eigenvalue weighted by molar-refractivity contribution is 4.73. The molecule has 0 aliphatic rings. The summed E-state index contributed by atoms with van der Waals surface area (Å²) in [5.74, 6) is 0. The van der Waals surface area contributed by atoms with E-state index in [0.29, 0.717) is 6.42 Å². The van der Waals surface area contributed by atoms with Crippen molar-refractivity contribution in [1.29, 1.82) is 0 Å². The number of aliphatic hydroxyl groups is 1. The first-order valence-corrected chi connectivity index (χ1v) is 3.49. The lowest BCUT2D eigenvalue weighted by Crippen LogP contribution is -2.11. The largest absolute Gasteiger partial charge is 0.368 e. The standard InChI is InChI=1S/C7H12N2O2/c1-11-7(10)2-4-9-5-3-8-6-9/h3,5-7,10H,2,4H2,1H3. The number of aryl methyl sites for hydroxylation is 1. The number of hydrogen-bond donors (Lipinski definition) is 1. The molecule has 4 heteroatoms. The van der Waals surface area contributed by atoms with Gasteiger partial charge in [0.2, 0.25) is 0 Å². The van der Waals surface area contributed by atoms with Gasteiger partial charge in [-0.1, -0.05) is 0 Å². The fourth-order valence-electron chi connectivity index (χ4n) is 0.796. The highest BCUT2D eigenvalue weighted by atomic mass is 16.6. The van der Waals surface area contributed by atoms with Gasteiger partial charge in [0.25, 0.3) is 0 Å². The van der Waals surface area contributed by atoms with Crippen molar-refractivity contribution in [2.75, 3.05) is 7.11 Å². The van der Waals surface area contributed by atoms with Crippen molar-refractivity contribution in [3.8, 4) is 0 Å². The summed E-state index contributed by atoms with van der Waals surface area (Å²) >= 11 is 0. The number of imidazole rings is 1. The fourth-order valence-corrected chi connectivity index (χ4v) is 0.796. The molecule has 0 spiro atoms. The average Bonchev–Trinajstić information content (AvgIpc) is 2.52. The van der Waals surface area contributed by atoms with Crippen LogP contribution in [0.2, 0.25) is 0 Å². The van der Waals surface area contributed by atoms with Gasteiger partial charge in [0.1, 0.15) is 0 Å². The number of nitrogens with zero attached hydrogens (tertiary/aromatic N) is 2. The summed E-state index contributed by atoms with van der Waals surface area (Å²) in [7, 11) is 1.48. The highest BCUT2D eigenvalue weighted by Crippen LogP contribution is 1.95. The minimum Gasteiger partial charge on any atom is -0.368 e. The van der Waals surface area contributed by atoms with Crippen LogP contribution < -0.4 is 0 Å². The predicted octanol–water partition coefficient (Wildman–Crippen LogP) is 0.238. The molecule has 11 heavy (non-hydrogen) atoms. The quantitative estimate of drug-likeness (QED) is 0.635. The molecule has 0 amide bonds. The summed E-state index contributed by atoms with van der Waals surface area (Å²) in [5, 5.41) is 9.00. The van der Waals surface area contributed by atoms with Gasteiger partial charge in [-0.2, -0.15) is 0 Å². The second kappa shape index (κ2) is 4.10. The van der Waals surface area contributed by atoms with E-state index in [2.05, 4.69) is 9.72 Å². The van der Waals surface area contributed by atoms with Crippen molar-refractivity contribution >= 4 is 0 Å². The van der Waals surface area contributed by atoms with Crippen LogP contribution in [0.5, 0.6) is 0 Å². The Labute approximate surface area is 65.4 Å². The topological polar surface area (TPSA) is 47.3 Å². The van der Waals surface area contributed by atoms with Gasteiger partial charge in [-0.25, -0.2) is 4.98 Å². The molecule has 0 fully saturated rings. The zero-order valence-corrected chi connectivity index (χ0v) is 6.47. The SMILES string of the molecule is COC(O)CCn1ccnc1. The summed E-state index contributed by atoms with van der Waals surface area (Å²) in [4.78, 5) is 3.87. The maximum atomic E-state index is 9.00. The molecule has 0 radical (unpaired) electrons. The van der Waals surface area contributed by atoms with Crippen LogP contribution >= 0.6 is 0 Å². The highest BCUT2D eigenvalue weighted by Gasteiger charge is 1.99. The summed E-state index contributed by atoms with van der Waals surface area (Å²) in [6.07, 6.45) is 5.19. The molecular weight excluding hydrogens is 144 g/mol. The first-order valence-electron chi connectivity index (χ1n) is 3.49. The molecule has 62 valence electrons. The Bertz CT molecular complexity index is 186. The van der Waals surface area contributed by atoms with Gasteiger partial charge in [-0.15, -0.1) is 0 Å². The Hall–Kier alpha value is -0.870. The van der Waals surface area contributed by atoms with E-state index in [-0.39, 0.29) is 0 Å². The molecule has 0 saturated carbocycles. The Morgan fingerprint density at radius 3 is 3.09 bits per heavy atom. The number of ether oxygens (including phenoxy) is 1. The third-order valence-electron chi connectivity index (χ3n) is 1.47. The normalized spacial score (nSPS) is 13.3.